The molecule has 24 heavy (non-hydrogen) atoms. The van der Waals surface area contributed by atoms with Gasteiger partial charge in [0, 0.05) is 0 Å². The maximum atomic E-state index is 11.2. The fourth-order valence-electron chi connectivity index (χ4n) is 5.43. The molecule has 1 aliphatic rings. The molecule has 0 aliphatic heterocycles. The Morgan fingerprint density at radius 3 is 1.75 bits per heavy atom. The van der Waals surface area contributed by atoms with Crippen molar-refractivity contribution >= 4 is 13.3 Å². The molecule has 0 spiro atoms. The lowest BCUT2D eigenvalue weighted by Gasteiger charge is -2.38. The first-order chi connectivity index (χ1) is 10.8. The molecule has 1 nitrogen and oxygen atoms in total. The van der Waals surface area contributed by atoms with Gasteiger partial charge in [0.1, 0.15) is 5.75 Å². The van der Waals surface area contributed by atoms with Crippen LogP contribution in [0.2, 0.25) is 18.6 Å². The van der Waals surface area contributed by atoms with Crippen LogP contribution in [0.25, 0.3) is 0 Å². The predicted octanol–water partition coefficient (Wildman–Crippen LogP) is 5.84. The van der Waals surface area contributed by atoms with E-state index in [0.29, 0.717) is 5.75 Å². The van der Waals surface area contributed by atoms with Gasteiger partial charge in [-0.3, -0.25) is 0 Å². The molecule has 1 fully saturated rings. The van der Waals surface area contributed by atoms with Gasteiger partial charge in [-0.1, -0.05) is 79.3 Å². The zero-order valence-electron chi connectivity index (χ0n) is 17.5. The molecule has 0 radical (unpaired) electrons. The smallest absolute Gasteiger partial charge is 0.118 e. The molecule has 0 saturated heterocycles. The van der Waals surface area contributed by atoms with E-state index in [0.717, 1.165) is 34.8 Å². The van der Waals surface area contributed by atoms with Crippen molar-refractivity contribution in [2.45, 2.75) is 79.4 Å². The molecular formula is C22H38OSi. The summed E-state index contributed by atoms with van der Waals surface area (Å²) >= 11 is 0. The molecule has 2 rings (SSSR count). The van der Waals surface area contributed by atoms with Crippen LogP contribution in [0, 0.1) is 30.6 Å². The first-order valence-electron chi connectivity index (χ1n) is 9.64. The third kappa shape index (κ3) is 3.07. The second-order valence-corrected chi connectivity index (χ2v) is 14.8. The summed E-state index contributed by atoms with van der Waals surface area (Å²) in [6.45, 7) is 23.5. The van der Waals surface area contributed by atoms with E-state index in [4.69, 9.17) is 0 Å². The lowest BCUT2D eigenvalue weighted by atomic mass is 9.85. The number of phenols is 1. The minimum atomic E-state index is -1.79. The first kappa shape index (κ1) is 19.6. The molecule has 4 unspecified atom stereocenters. The molecule has 5 atom stereocenters. The van der Waals surface area contributed by atoms with Gasteiger partial charge in [0.15, 0.2) is 0 Å². The number of aryl methyl sites for hydroxylation is 1. The van der Waals surface area contributed by atoms with Gasteiger partial charge in [0.25, 0.3) is 0 Å². The second kappa shape index (κ2) is 6.19. The number of phenolic OH excluding ortho intramolecular Hbond substituents is 1. The summed E-state index contributed by atoms with van der Waals surface area (Å²) in [5, 5.41) is 12.5. The summed E-state index contributed by atoms with van der Waals surface area (Å²) in [5.74, 6) is 3.58. The van der Waals surface area contributed by atoms with Gasteiger partial charge in [0.05, 0.1) is 8.07 Å². The summed E-state index contributed by atoms with van der Waals surface area (Å²) in [6.07, 6.45) is 0. The monoisotopic (exact) mass is 346 g/mol. The van der Waals surface area contributed by atoms with Crippen molar-refractivity contribution in [3.05, 3.63) is 23.3 Å². The Balaban J connectivity index is 2.60. The van der Waals surface area contributed by atoms with Crippen LogP contribution in [0.3, 0.4) is 0 Å². The van der Waals surface area contributed by atoms with Gasteiger partial charge >= 0.3 is 0 Å². The van der Waals surface area contributed by atoms with Crippen molar-refractivity contribution in [1.82, 2.24) is 0 Å². The molecular weight excluding hydrogens is 308 g/mol. The Morgan fingerprint density at radius 2 is 1.33 bits per heavy atom. The van der Waals surface area contributed by atoms with E-state index in [9.17, 15) is 5.11 Å². The van der Waals surface area contributed by atoms with Gasteiger partial charge in [0.2, 0.25) is 0 Å². The second-order valence-electron chi connectivity index (χ2n) is 10.1. The molecule has 0 amide bonds. The maximum absolute atomic E-state index is 11.2. The molecule has 1 aliphatic carbocycles. The molecule has 1 saturated carbocycles. The molecule has 1 aromatic carbocycles. The van der Waals surface area contributed by atoms with Gasteiger partial charge in [-0.2, -0.15) is 0 Å². The first-order valence-corrected chi connectivity index (χ1v) is 12.7. The van der Waals surface area contributed by atoms with Gasteiger partial charge in [-0.15, -0.1) is 0 Å². The van der Waals surface area contributed by atoms with E-state index in [1.54, 1.807) is 0 Å². The van der Waals surface area contributed by atoms with Crippen molar-refractivity contribution in [2.24, 2.45) is 23.7 Å². The molecule has 1 N–H and O–H groups in total. The number of aromatic hydroxyl groups is 1. The van der Waals surface area contributed by atoms with E-state index >= 15 is 0 Å². The van der Waals surface area contributed by atoms with Crippen molar-refractivity contribution in [1.29, 1.82) is 0 Å². The fraction of sp³-hybridized carbons (Fsp3) is 0.727. The van der Waals surface area contributed by atoms with Crippen molar-refractivity contribution < 1.29 is 5.11 Å². The van der Waals surface area contributed by atoms with E-state index in [1.807, 2.05) is 0 Å². The highest BCUT2D eigenvalue weighted by Gasteiger charge is 2.50. The summed E-state index contributed by atoms with van der Waals surface area (Å²) in [4.78, 5) is 0. The van der Waals surface area contributed by atoms with Crippen LogP contribution in [-0.4, -0.2) is 13.2 Å². The number of benzene rings is 1. The van der Waals surface area contributed by atoms with Crippen LogP contribution in [-0.2, 0) is 5.41 Å². The number of hydrogen-bond acceptors (Lipinski definition) is 1. The maximum Gasteiger partial charge on any atom is 0.118 e. The summed E-state index contributed by atoms with van der Waals surface area (Å²) in [7, 11) is -1.79. The Bertz CT molecular complexity index is 597. The third-order valence-electron chi connectivity index (χ3n) is 7.21. The lowest BCUT2D eigenvalue weighted by Crippen LogP contribution is -2.49. The zero-order chi connectivity index (χ0) is 18.6. The van der Waals surface area contributed by atoms with Gasteiger partial charge in [-0.25, -0.2) is 0 Å². The average molecular weight is 347 g/mol. The van der Waals surface area contributed by atoms with Crippen LogP contribution in [0.5, 0.6) is 5.75 Å². The SMILES string of the molecule is Cc1cc(C(C)(C)C)c(O)c([Si](C)(C)C2C(C)C(C)C(C)[C@H]2C)c1. The Hall–Kier alpha value is -0.763. The van der Waals surface area contributed by atoms with E-state index in [-0.39, 0.29) is 5.41 Å². The van der Waals surface area contributed by atoms with Crippen molar-refractivity contribution in [2.75, 3.05) is 0 Å². The molecule has 136 valence electrons. The summed E-state index contributed by atoms with van der Waals surface area (Å²) in [5.41, 5.74) is 3.09. The quantitative estimate of drug-likeness (QED) is 0.667. The van der Waals surface area contributed by atoms with Crippen LogP contribution in [0.4, 0.5) is 0 Å². The Kier molecular flexibility index (Phi) is 5.05. The van der Waals surface area contributed by atoms with Crippen LogP contribution < -0.4 is 5.19 Å². The topological polar surface area (TPSA) is 20.2 Å². The predicted molar refractivity (Wildman–Crippen MR) is 109 cm³/mol. The minimum absolute atomic E-state index is 0.0250. The molecule has 1 aromatic rings. The third-order valence-corrected chi connectivity index (χ3v) is 11.7. The van der Waals surface area contributed by atoms with E-state index in [1.165, 1.54) is 10.8 Å². The summed E-state index contributed by atoms with van der Waals surface area (Å²) < 4.78 is 0. The molecule has 0 bridgehead atoms. The Labute approximate surface area is 150 Å². The Morgan fingerprint density at radius 1 is 0.875 bits per heavy atom. The van der Waals surface area contributed by atoms with Crippen LogP contribution in [0.15, 0.2) is 12.1 Å². The lowest BCUT2D eigenvalue weighted by molar-refractivity contribution is 0.352. The highest BCUT2D eigenvalue weighted by Crippen LogP contribution is 2.54. The highest BCUT2D eigenvalue weighted by atomic mass is 28.3. The van der Waals surface area contributed by atoms with E-state index < -0.39 is 8.07 Å². The normalized spacial score (nSPS) is 31.5. The van der Waals surface area contributed by atoms with Gasteiger partial charge in [-0.05, 0) is 52.3 Å². The largest absolute Gasteiger partial charge is 0.508 e. The van der Waals surface area contributed by atoms with Crippen LogP contribution in [0.1, 0.15) is 59.6 Å². The molecule has 0 aromatic heterocycles. The molecule has 0 heterocycles. The minimum Gasteiger partial charge on any atom is -0.508 e. The van der Waals surface area contributed by atoms with Crippen molar-refractivity contribution in [3.63, 3.8) is 0 Å². The number of hydrogen-bond donors (Lipinski definition) is 1. The zero-order valence-corrected chi connectivity index (χ0v) is 18.5. The fourth-order valence-corrected chi connectivity index (χ4v) is 10.4. The van der Waals surface area contributed by atoms with Crippen molar-refractivity contribution in [3.8, 4) is 5.75 Å². The standard InChI is InChI=1S/C22H38OSi/c1-13-11-18(22(6,7)8)20(23)19(12-13)24(9,10)21-16(4)14(2)15(3)17(21)5/h11-12,14-17,21,23H,1-10H3/t14?,15?,16-,17?,21?/m1/s1. The molecule has 2 heteroatoms. The summed E-state index contributed by atoms with van der Waals surface area (Å²) in [6, 6.07) is 4.46. The van der Waals surface area contributed by atoms with Gasteiger partial charge < -0.3 is 5.11 Å². The average Bonchev–Trinajstić information content (AvgIpc) is 2.64. The van der Waals surface area contributed by atoms with E-state index in [2.05, 4.69) is 80.6 Å². The van der Waals surface area contributed by atoms with Crippen LogP contribution >= 0.6 is 0 Å². The highest BCUT2D eigenvalue weighted by molar-refractivity contribution is 6.91. The number of rotatable bonds is 2.